The molecule has 0 saturated carbocycles. The highest BCUT2D eigenvalue weighted by Crippen LogP contribution is 2.43. The molecule has 0 aliphatic carbocycles. The predicted octanol–water partition coefficient (Wildman–Crippen LogP) is 3.41. The number of likely N-dealkylation sites (tertiary alicyclic amines) is 1. The summed E-state index contributed by atoms with van der Waals surface area (Å²) < 4.78 is 21.1. The van der Waals surface area contributed by atoms with Gasteiger partial charge in [0.2, 0.25) is 0 Å². The lowest BCUT2D eigenvalue weighted by Crippen LogP contribution is -2.31. The van der Waals surface area contributed by atoms with Crippen molar-refractivity contribution in [2.75, 3.05) is 34.5 Å². The minimum Gasteiger partial charge on any atom is -0.507 e. The Hall–Kier alpha value is -2.97. The van der Waals surface area contributed by atoms with Gasteiger partial charge < -0.3 is 28.6 Å². The molecule has 3 rings (SSSR count). The van der Waals surface area contributed by atoms with E-state index in [2.05, 4.69) is 0 Å². The van der Waals surface area contributed by atoms with E-state index in [1.807, 2.05) is 0 Å². The number of ketones is 1. The number of Topliss-reactive ketones (excluding diaryl/α,β-unsaturated/α-hetero) is 1. The number of hydrogen-bond acceptors (Lipinski definition) is 7. The Morgan fingerprint density at radius 3 is 2.53 bits per heavy atom. The Morgan fingerprint density at radius 1 is 1.20 bits per heavy atom. The van der Waals surface area contributed by atoms with Crippen LogP contribution in [-0.4, -0.2) is 56.2 Å². The van der Waals surface area contributed by atoms with Crippen LogP contribution in [0.15, 0.2) is 40.5 Å². The lowest BCUT2D eigenvalue weighted by Gasteiger charge is -2.23. The van der Waals surface area contributed by atoms with Crippen molar-refractivity contribution in [1.29, 1.82) is 0 Å². The molecule has 1 fully saturated rings. The van der Waals surface area contributed by atoms with Gasteiger partial charge in [0.1, 0.15) is 29.1 Å². The van der Waals surface area contributed by atoms with Crippen LogP contribution in [-0.2, 0) is 14.3 Å². The Balaban J connectivity index is 2.17. The van der Waals surface area contributed by atoms with E-state index in [-0.39, 0.29) is 34.2 Å². The molecular formula is C21H22ClNO7. The van der Waals surface area contributed by atoms with Gasteiger partial charge in [0.25, 0.3) is 11.7 Å². The molecule has 1 amide bonds. The standard InChI is InChI=1S/C21H22ClNO7/c1-27-8-5-7-23-18(14-6-4-9-30-14)17(20(25)21(23)26)19(24)12-10-16(29-3)13(22)11-15(12)28-2/h4,6,9-11,18,24H,5,7-8H2,1-3H3/b19-17+. The van der Waals surface area contributed by atoms with Gasteiger partial charge in [0.15, 0.2) is 0 Å². The average molecular weight is 436 g/mol. The second-order valence-corrected chi connectivity index (χ2v) is 6.95. The molecule has 2 heterocycles. The van der Waals surface area contributed by atoms with E-state index in [0.29, 0.717) is 18.8 Å². The summed E-state index contributed by atoms with van der Waals surface area (Å²) in [6.07, 6.45) is 1.95. The zero-order valence-electron chi connectivity index (χ0n) is 16.8. The van der Waals surface area contributed by atoms with Crippen LogP contribution in [0, 0.1) is 0 Å². The Morgan fingerprint density at radius 2 is 1.93 bits per heavy atom. The fourth-order valence-corrected chi connectivity index (χ4v) is 3.65. The highest BCUT2D eigenvalue weighted by Gasteiger charge is 2.47. The number of amides is 1. The maximum atomic E-state index is 12.9. The number of furan rings is 1. The maximum absolute atomic E-state index is 12.9. The Bertz CT molecular complexity index is 968. The zero-order valence-corrected chi connectivity index (χ0v) is 17.6. The molecule has 8 nitrogen and oxygen atoms in total. The SMILES string of the molecule is COCCCN1C(=O)C(=O)/C(=C(/O)c2cc(OC)c(Cl)cc2OC)C1c1ccco1. The molecule has 1 aromatic carbocycles. The molecule has 0 radical (unpaired) electrons. The van der Waals surface area contributed by atoms with Crippen LogP contribution in [0.5, 0.6) is 11.5 Å². The van der Waals surface area contributed by atoms with Crippen molar-refractivity contribution < 1.29 is 33.3 Å². The molecule has 1 unspecified atom stereocenters. The lowest BCUT2D eigenvalue weighted by atomic mass is 9.98. The van der Waals surface area contributed by atoms with E-state index >= 15 is 0 Å². The highest BCUT2D eigenvalue weighted by atomic mass is 35.5. The quantitative estimate of drug-likeness (QED) is 0.293. The number of hydrogen-bond donors (Lipinski definition) is 1. The highest BCUT2D eigenvalue weighted by molar-refractivity contribution is 6.46. The molecule has 1 aromatic heterocycles. The van der Waals surface area contributed by atoms with Gasteiger partial charge in [-0.2, -0.15) is 0 Å². The van der Waals surface area contributed by atoms with E-state index < -0.39 is 23.5 Å². The Labute approximate surface area is 178 Å². The number of aliphatic hydroxyl groups is 1. The molecule has 2 aromatic rings. The first-order chi connectivity index (χ1) is 14.4. The number of methoxy groups -OCH3 is 3. The summed E-state index contributed by atoms with van der Waals surface area (Å²) in [5.74, 6) is -1.09. The molecule has 1 aliphatic heterocycles. The van der Waals surface area contributed by atoms with Crippen LogP contribution in [0.25, 0.3) is 5.76 Å². The van der Waals surface area contributed by atoms with Crippen LogP contribution in [0.4, 0.5) is 0 Å². The van der Waals surface area contributed by atoms with Gasteiger partial charge in [0, 0.05) is 26.3 Å². The van der Waals surface area contributed by atoms with Gasteiger partial charge in [-0.05, 0) is 24.6 Å². The van der Waals surface area contributed by atoms with Crippen LogP contribution >= 0.6 is 11.6 Å². The molecule has 1 atom stereocenters. The summed E-state index contributed by atoms with van der Waals surface area (Å²) in [7, 11) is 4.38. The molecule has 0 bridgehead atoms. The smallest absolute Gasteiger partial charge is 0.295 e. The monoisotopic (exact) mass is 435 g/mol. The van der Waals surface area contributed by atoms with Gasteiger partial charge in [-0.25, -0.2) is 0 Å². The van der Waals surface area contributed by atoms with Crippen LogP contribution in [0.1, 0.15) is 23.8 Å². The summed E-state index contributed by atoms with van der Waals surface area (Å²) in [5, 5.41) is 11.4. The van der Waals surface area contributed by atoms with Gasteiger partial charge >= 0.3 is 0 Å². The summed E-state index contributed by atoms with van der Waals surface area (Å²) in [5.41, 5.74) is 0.0697. The van der Waals surface area contributed by atoms with Crippen molar-refractivity contribution in [3.8, 4) is 11.5 Å². The first-order valence-corrected chi connectivity index (χ1v) is 9.55. The van der Waals surface area contributed by atoms with E-state index in [1.165, 1.54) is 37.5 Å². The summed E-state index contributed by atoms with van der Waals surface area (Å²) >= 11 is 6.14. The first-order valence-electron chi connectivity index (χ1n) is 9.17. The number of aliphatic hydroxyl groups excluding tert-OH is 1. The van der Waals surface area contributed by atoms with Crippen LogP contribution in [0.3, 0.4) is 0 Å². The van der Waals surface area contributed by atoms with Gasteiger partial charge in [-0.1, -0.05) is 11.6 Å². The van der Waals surface area contributed by atoms with E-state index in [9.17, 15) is 14.7 Å². The number of halogens is 1. The van der Waals surface area contributed by atoms with E-state index in [1.54, 1.807) is 19.2 Å². The first kappa shape index (κ1) is 21.7. The summed E-state index contributed by atoms with van der Waals surface area (Å²) in [6.45, 7) is 0.664. The van der Waals surface area contributed by atoms with E-state index in [4.69, 9.17) is 30.2 Å². The third-order valence-electron chi connectivity index (χ3n) is 4.83. The fraction of sp³-hybridized carbons (Fsp3) is 0.333. The summed E-state index contributed by atoms with van der Waals surface area (Å²) in [4.78, 5) is 27.0. The molecule has 1 saturated heterocycles. The Kier molecular flexibility index (Phi) is 6.69. The average Bonchev–Trinajstić information content (AvgIpc) is 3.35. The largest absolute Gasteiger partial charge is 0.507 e. The number of ether oxygens (including phenoxy) is 3. The molecule has 1 N–H and O–H groups in total. The second kappa shape index (κ2) is 9.23. The number of carbonyl (C=O) groups excluding carboxylic acids is 2. The van der Waals surface area contributed by atoms with Gasteiger partial charge in [-0.3, -0.25) is 9.59 Å². The molecule has 1 aliphatic rings. The topological polar surface area (TPSA) is 98.4 Å². The minimum absolute atomic E-state index is 0.102. The van der Waals surface area contributed by atoms with Crippen molar-refractivity contribution in [1.82, 2.24) is 4.90 Å². The zero-order chi connectivity index (χ0) is 21.8. The molecule has 30 heavy (non-hydrogen) atoms. The van der Waals surface area contributed by atoms with Crippen molar-refractivity contribution in [2.24, 2.45) is 0 Å². The normalized spacial score (nSPS) is 18.1. The van der Waals surface area contributed by atoms with Crippen molar-refractivity contribution in [3.63, 3.8) is 0 Å². The summed E-state index contributed by atoms with van der Waals surface area (Å²) in [6, 6.07) is 5.33. The van der Waals surface area contributed by atoms with Crippen LogP contribution in [0.2, 0.25) is 5.02 Å². The second-order valence-electron chi connectivity index (χ2n) is 6.54. The fourth-order valence-electron chi connectivity index (χ4n) is 3.42. The van der Waals surface area contributed by atoms with Crippen LogP contribution < -0.4 is 9.47 Å². The lowest BCUT2D eigenvalue weighted by molar-refractivity contribution is -0.140. The number of carbonyl (C=O) groups is 2. The molecular weight excluding hydrogens is 414 g/mol. The van der Waals surface area contributed by atoms with Gasteiger partial charge in [0.05, 0.1) is 36.6 Å². The molecule has 9 heteroatoms. The maximum Gasteiger partial charge on any atom is 0.295 e. The molecule has 0 spiro atoms. The molecule has 160 valence electrons. The minimum atomic E-state index is -0.886. The third kappa shape index (κ3) is 3.88. The van der Waals surface area contributed by atoms with Gasteiger partial charge in [-0.15, -0.1) is 0 Å². The van der Waals surface area contributed by atoms with Crippen molar-refractivity contribution in [2.45, 2.75) is 12.5 Å². The number of rotatable bonds is 8. The third-order valence-corrected chi connectivity index (χ3v) is 5.12. The predicted molar refractivity (Wildman–Crippen MR) is 109 cm³/mol. The van der Waals surface area contributed by atoms with E-state index in [0.717, 1.165) is 0 Å². The number of nitrogens with zero attached hydrogens (tertiary/aromatic N) is 1. The number of benzene rings is 1. The van der Waals surface area contributed by atoms with Crippen molar-refractivity contribution in [3.05, 3.63) is 52.4 Å². The van der Waals surface area contributed by atoms with Crippen molar-refractivity contribution >= 4 is 29.1 Å².